The van der Waals surface area contributed by atoms with Gasteiger partial charge in [0.05, 0.1) is 36.4 Å². The minimum atomic E-state index is -0.572. The van der Waals surface area contributed by atoms with Crippen LogP contribution in [0.25, 0.3) is 32.7 Å². The lowest BCUT2D eigenvalue weighted by Gasteiger charge is -2.23. The molecular weight excluding hydrogens is 508 g/mol. The number of carbonyl (C=O) groups is 2. The van der Waals surface area contributed by atoms with Crippen LogP contribution in [-0.2, 0) is 0 Å². The van der Waals surface area contributed by atoms with Gasteiger partial charge in [0.15, 0.2) is 0 Å². The van der Waals surface area contributed by atoms with E-state index in [-0.39, 0.29) is 58.8 Å². The van der Waals surface area contributed by atoms with Crippen molar-refractivity contribution in [2.24, 2.45) is 11.8 Å². The molecule has 0 aliphatic carbocycles. The summed E-state index contributed by atoms with van der Waals surface area (Å²) in [6, 6.07) is 16.4. The second kappa shape index (κ2) is 11.9. The molecule has 0 fully saturated rings. The molecule has 0 heterocycles. The Hall–Kier alpha value is -4.14. The molecule has 2 amide bonds. The number of aromatic hydroxyl groups is 2. The molecule has 0 aliphatic heterocycles. The zero-order chi connectivity index (χ0) is 29.1. The summed E-state index contributed by atoms with van der Waals surface area (Å²) in [5.41, 5.74) is 0.371. The Morgan fingerprint density at radius 2 is 1.00 bits per heavy atom. The lowest BCUT2D eigenvalue weighted by atomic mass is 9.88. The first-order valence-electron chi connectivity index (χ1n) is 13.4. The molecule has 4 aromatic carbocycles. The summed E-state index contributed by atoms with van der Waals surface area (Å²) in [6.45, 7) is 6.95. The second-order valence-corrected chi connectivity index (χ2v) is 10.8. The third kappa shape index (κ3) is 5.46. The molecule has 2 atom stereocenters. The van der Waals surface area contributed by atoms with E-state index in [0.717, 1.165) is 0 Å². The predicted octanol–water partition coefficient (Wildman–Crippen LogP) is 4.56. The van der Waals surface area contributed by atoms with Crippen LogP contribution in [0, 0.1) is 11.8 Å². The summed E-state index contributed by atoms with van der Waals surface area (Å²) >= 11 is 0. The normalized spacial score (nSPS) is 13.1. The highest BCUT2D eigenvalue weighted by Crippen LogP contribution is 2.47. The highest BCUT2D eigenvalue weighted by molar-refractivity contribution is 6.16. The van der Waals surface area contributed by atoms with Crippen molar-refractivity contribution >= 4 is 33.4 Å². The third-order valence-electron chi connectivity index (χ3n) is 7.42. The van der Waals surface area contributed by atoms with Gasteiger partial charge in [-0.1, -0.05) is 76.2 Å². The fourth-order valence-electron chi connectivity index (χ4n) is 4.86. The maximum atomic E-state index is 13.4. The summed E-state index contributed by atoms with van der Waals surface area (Å²) in [5, 5.41) is 50.8. The SMILES string of the molecule is CC(C)[C@@H](CO)NC(=O)c1cc2ccccc2c(-c2c(O)c(C(=O)N[C@H](CO)C(C)C)cc3ccccc23)c1O. The Morgan fingerprint density at radius 1 is 0.650 bits per heavy atom. The first-order valence-corrected chi connectivity index (χ1v) is 13.4. The molecule has 0 saturated carbocycles. The van der Waals surface area contributed by atoms with Gasteiger partial charge in [0.25, 0.3) is 11.8 Å². The number of benzene rings is 4. The van der Waals surface area contributed by atoms with Gasteiger partial charge < -0.3 is 31.1 Å². The van der Waals surface area contributed by atoms with Crippen LogP contribution in [-0.4, -0.2) is 57.5 Å². The van der Waals surface area contributed by atoms with Crippen LogP contribution >= 0.6 is 0 Å². The lowest BCUT2D eigenvalue weighted by molar-refractivity contribution is 0.0887. The van der Waals surface area contributed by atoms with Crippen LogP contribution in [0.2, 0.25) is 0 Å². The molecule has 6 N–H and O–H groups in total. The van der Waals surface area contributed by atoms with Crippen LogP contribution in [0.1, 0.15) is 48.4 Å². The van der Waals surface area contributed by atoms with Crippen molar-refractivity contribution in [1.29, 1.82) is 0 Å². The standard InChI is InChI=1S/C32H36N2O6/c1-17(2)25(15-35)33-31(39)23-13-19-9-5-7-11-21(19)27(29(23)37)28-22-12-8-6-10-20(22)14-24(30(28)38)32(40)34-26(16-36)18(3)4/h5-14,17-18,25-26,35-38H,15-16H2,1-4H3,(H,33,39)(H,34,40)/t25-,26-/m1/s1. The quantitative estimate of drug-likeness (QED) is 0.183. The van der Waals surface area contributed by atoms with Crippen molar-refractivity contribution < 1.29 is 30.0 Å². The summed E-state index contributed by atoms with van der Waals surface area (Å²) in [5.74, 6) is -1.95. The molecule has 0 saturated heterocycles. The van der Waals surface area contributed by atoms with Crippen molar-refractivity contribution in [2.75, 3.05) is 13.2 Å². The summed E-state index contributed by atoms with van der Waals surface area (Å²) in [6.07, 6.45) is 0. The lowest BCUT2D eigenvalue weighted by Crippen LogP contribution is -2.41. The van der Waals surface area contributed by atoms with E-state index in [2.05, 4.69) is 10.6 Å². The number of hydrogen-bond donors (Lipinski definition) is 6. The van der Waals surface area contributed by atoms with Crippen LogP contribution in [0.4, 0.5) is 0 Å². The highest BCUT2D eigenvalue weighted by atomic mass is 16.3. The number of amides is 2. The number of phenolic OH excluding ortho intramolecular Hbond substituents is 2. The van der Waals surface area contributed by atoms with Crippen molar-refractivity contribution in [2.45, 2.75) is 39.8 Å². The minimum absolute atomic E-state index is 0.0220. The maximum Gasteiger partial charge on any atom is 0.255 e. The van der Waals surface area contributed by atoms with Crippen LogP contribution in [0.15, 0.2) is 60.7 Å². The third-order valence-corrected chi connectivity index (χ3v) is 7.42. The fraction of sp³-hybridized carbons (Fsp3) is 0.312. The highest BCUT2D eigenvalue weighted by Gasteiger charge is 2.28. The first-order chi connectivity index (χ1) is 19.1. The van der Waals surface area contributed by atoms with E-state index in [1.807, 2.05) is 27.7 Å². The molecule has 0 unspecified atom stereocenters. The molecule has 0 radical (unpaired) electrons. The average Bonchev–Trinajstić information content (AvgIpc) is 2.94. The van der Waals surface area contributed by atoms with Gasteiger partial charge in [-0.3, -0.25) is 9.59 Å². The minimum Gasteiger partial charge on any atom is -0.506 e. The molecule has 40 heavy (non-hydrogen) atoms. The zero-order valence-corrected chi connectivity index (χ0v) is 23.1. The van der Waals surface area contributed by atoms with E-state index in [0.29, 0.717) is 21.5 Å². The molecule has 210 valence electrons. The van der Waals surface area contributed by atoms with E-state index < -0.39 is 23.9 Å². The summed E-state index contributed by atoms with van der Waals surface area (Å²) in [7, 11) is 0. The van der Waals surface area contributed by atoms with Gasteiger partial charge in [-0.2, -0.15) is 0 Å². The predicted molar refractivity (Wildman–Crippen MR) is 157 cm³/mol. The van der Waals surface area contributed by atoms with Gasteiger partial charge in [0, 0.05) is 11.1 Å². The van der Waals surface area contributed by atoms with Crippen LogP contribution in [0.3, 0.4) is 0 Å². The molecular formula is C32H36N2O6. The Morgan fingerprint density at radius 3 is 1.32 bits per heavy atom. The number of hydrogen-bond acceptors (Lipinski definition) is 6. The summed E-state index contributed by atoms with van der Waals surface area (Å²) in [4.78, 5) is 26.8. The fourth-order valence-corrected chi connectivity index (χ4v) is 4.86. The van der Waals surface area contributed by atoms with Gasteiger partial charge in [-0.05, 0) is 45.5 Å². The largest absolute Gasteiger partial charge is 0.506 e. The summed E-state index contributed by atoms with van der Waals surface area (Å²) < 4.78 is 0. The molecule has 8 nitrogen and oxygen atoms in total. The molecule has 8 heteroatoms. The maximum absolute atomic E-state index is 13.4. The average molecular weight is 545 g/mol. The van der Waals surface area contributed by atoms with Crippen molar-refractivity contribution in [1.82, 2.24) is 10.6 Å². The van der Waals surface area contributed by atoms with Crippen molar-refractivity contribution in [3.05, 3.63) is 71.8 Å². The smallest absolute Gasteiger partial charge is 0.255 e. The Kier molecular flexibility index (Phi) is 8.61. The van der Waals surface area contributed by atoms with Gasteiger partial charge in [-0.15, -0.1) is 0 Å². The number of carbonyl (C=O) groups excluding carboxylic acids is 2. The topological polar surface area (TPSA) is 139 Å². The molecule has 0 bridgehead atoms. The Bertz CT molecular complexity index is 1450. The number of fused-ring (bicyclic) bond motifs is 2. The van der Waals surface area contributed by atoms with Crippen LogP contribution < -0.4 is 10.6 Å². The number of phenols is 2. The number of aliphatic hydroxyl groups is 2. The number of nitrogens with one attached hydrogen (secondary N) is 2. The van der Waals surface area contributed by atoms with E-state index in [1.54, 1.807) is 60.7 Å². The first kappa shape index (κ1) is 28.9. The second-order valence-electron chi connectivity index (χ2n) is 10.8. The molecule has 0 spiro atoms. The number of aliphatic hydroxyl groups excluding tert-OH is 2. The van der Waals surface area contributed by atoms with Crippen molar-refractivity contribution in [3.63, 3.8) is 0 Å². The van der Waals surface area contributed by atoms with E-state index >= 15 is 0 Å². The van der Waals surface area contributed by atoms with Gasteiger partial charge in [0.2, 0.25) is 0 Å². The van der Waals surface area contributed by atoms with Crippen LogP contribution in [0.5, 0.6) is 11.5 Å². The molecule has 4 aromatic rings. The Labute approximate surface area is 233 Å². The van der Waals surface area contributed by atoms with E-state index in [9.17, 15) is 30.0 Å². The van der Waals surface area contributed by atoms with E-state index in [1.165, 1.54) is 0 Å². The van der Waals surface area contributed by atoms with E-state index in [4.69, 9.17) is 0 Å². The Balaban J connectivity index is 2.00. The van der Waals surface area contributed by atoms with Gasteiger partial charge >= 0.3 is 0 Å². The zero-order valence-electron chi connectivity index (χ0n) is 23.1. The van der Waals surface area contributed by atoms with Crippen molar-refractivity contribution in [3.8, 4) is 22.6 Å². The number of rotatable bonds is 9. The monoisotopic (exact) mass is 544 g/mol. The van der Waals surface area contributed by atoms with Gasteiger partial charge in [-0.25, -0.2) is 0 Å². The molecule has 4 rings (SSSR count). The molecule has 0 aromatic heterocycles. The van der Waals surface area contributed by atoms with Gasteiger partial charge in [0.1, 0.15) is 11.5 Å². The molecule has 0 aliphatic rings.